The van der Waals surface area contributed by atoms with Crippen molar-refractivity contribution < 1.29 is 14.6 Å². The van der Waals surface area contributed by atoms with E-state index in [0.717, 1.165) is 83.5 Å². The van der Waals surface area contributed by atoms with Crippen molar-refractivity contribution in [2.75, 3.05) is 6.61 Å². The summed E-state index contributed by atoms with van der Waals surface area (Å²) < 4.78 is 5.69. The van der Waals surface area contributed by atoms with E-state index in [1.165, 1.54) is 27.8 Å². The van der Waals surface area contributed by atoms with Crippen LogP contribution in [0, 0.1) is 5.41 Å². The number of carbonyl (C=O) groups is 1. The minimum atomic E-state index is -0.281. The van der Waals surface area contributed by atoms with Crippen molar-refractivity contribution in [1.82, 2.24) is 0 Å². The van der Waals surface area contributed by atoms with Gasteiger partial charge in [0.15, 0.2) is 0 Å². The smallest absolute Gasteiger partial charge is 0.312 e. The Morgan fingerprint density at radius 2 is 1.45 bits per heavy atom. The van der Waals surface area contributed by atoms with E-state index in [0.29, 0.717) is 12.4 Å². The number of benzene rings is 1. The summed E-state index contributed by atoms with van der Waals surface area (Å²) >= 11 is 0. The summed E-state index contributed by atoms with van der Waals surface area (Å²) in [7, 11) is 0. The Bertz CT molecular complexity index is 747. The predicted molar refractivity (Wildman–Crippen MR) is 117 cm³/mol. The standard InChI is InChI=1S/C26H38O3/c1-4-7-9-20-18-11-12-19(21(23(20)27)10-8-5-2)22(18)25(13-14-25)26(15-16-26)24(28)29-17-6-3/h27H,4-17H2,1-3H3. The predicted octanol–water partition coefficient (Wildman–Crippen LogP) is 5.94. The van der Waals surface area contributed by atoms with Crippen molar-refractivity contribution >= 4 is 5.97 Å². The van der Waals surface area contributed by atoms with Gasteiger partial charge in [0.2, 0.25) is 0 Å². The molecule has 2 saturated carbocycles. The molecule has 0 heterocycles. The van der Waals surface area contributed by atoms with Crippen LogP contribution in [0.3, 0.4) is 0 Å². The average molecular weight is 399 g/mol. The highest BCUT2D eigenvalue weighted by molar-refractivity contribution is 5.84. The van der Waals surface area contributed by atoms with Crippen molar-refractivity contribution in [2.24, 2.45) is 5.41 Å². The molecule has 0 radical (unpaired) electrons. The lowest BCUT2D eigenvalue weighted by Gasteiger charge is -2.30. The molecule has 1 aromatic rings. The van der Waals surface area contributed by atoms with Crippen LogP contribution in [0.25, 0.3) is 0 Å². The fourth-order valence-corrected chi connectivity index (χ4v) is 6.01. The summed E-state index contributed by atoms with van der Waals surface area (Å²) in [5.41, 5.74) is 6.41. The Hall–Kier alpha value is -1.51. The molecular weight excluding hydrogens is 360 g/mol. The van der Waals surface area contributed by atoms with Crippen LogP contribution in [-0.4, -0.2) is 17.7 Å². The van der Waals surface area contributed by atoms with Crippen molar-refractivity contribution in [3.8, 4) is 5.75 Å². The number of hydrogen-bond donors (Lipinski definition) is 1. The molecule has 29 heavy (non-hydrogen) atoms. The molecule has 0 amide bonds. The minimum Gasteiger partial charge on any atom is -0.507 e. The first-order chi connectivity index (χ1) is 14.1. The maximum absolute atomic E-state index is 13.1. The molecule has 3 heteroatoms. The molecule has 2 fully saturated rings. The molecular formula is C26H38O3. The highest BCUT2D eigenvalue weighted by atomic mass is 16.5. The van der Waals surface area contributed by atoms with Gasteiger partial charge in [-0.25, -0.2) is 0 Å². The molecule has 1 aromatic carbocycles. The summed E-state index contributed by atoms with van der Waals surface area (Å²) in [6, 6.07) is 0. The first kappa shape index (κ1) is 20.8. The maximum atomic E-state index is 13.1. The number of phenols is 1. The van der Waals surface area contributed by atoms with Crippen molar-refractivity contribution in [3.05, 3.63) is 27.8 Å². The van der Waals surface area contributed by atoms with E-state index in [1.807, 2.05) is 0 Å². The SMILES string of the molecule is CCCCc1c(O)c(CCCC)c2c(C3(C4(C(=O)OCCC)CC4)CC3)c1CC2. The molecule has 3 nitrogen and oxygen atoms in total. The van der Waals surface area contributed by atoms with Gasteiger partial charge in [-0.1, -0.05) is 33.6 Å². The zero-order valence-corrected chi connectivity index (χ0v) is 18.7. The molecule has 0 saturated heterocycles. The fourth-order valence-electron chi connectivity index (χ4n) is 6.01. The third-order valence-corrected chi connectivity index (χ3v) is 7.81. The zero-order chi connectivity index (χ0) is 20.6. The van der Waals surface area contributed by atoms with Gasteiger partial charge in [0.05, 0.1) is 12.0 Å². The van der Waals surface area contributed by atoms with Crippen LogP contribution in [0.2, 0.25) is 0 Å². The fraction of sp³-hybridized carbons (Fsp3) is 0.731. The number of hydrogen-bond acceptors (Lipinski definition) is 3. The molecule has 3 aliphatic rings. The second-order valence-corrected chi connectivity index (χ2v) is 9.65. The van der Waals surface area contributed by atoms with Crippen LogP contribution < -0.4 is 0 Å². The number of fused-ring (bicyclic) bond motifs is 2. The molecule has 0 unspecified atom stereocenters. The van der Waals surface area contributed by atoms with Gasteiger partial charge in [0, 0.05) is 5.41 Å². The Balaban J connectivity index is 1.79. The number of unbranched alkanes of at least 4 members (excludes halogenated alkanes) is 2. The van der Waals surface area contributed by atoms with Crippen LogP contribution in [0.5, 0.6) is 5.75 Å². The van der Waals surface area contributed by atoms with Crippen LogP contribution in [0.4, 0.5) is 0 Å². The highest BCUT2D eigenvalue weighted by Gasteiger charge is 2.72. The topological polar surface area (TPSA) is 46.5 Å². The van der Waals surface area contributed by atoms with Crippen LogP contribution in [0.1, 0.15) is 106 Å². The molecule has 160 valence electrons. The molecule has 1 N–H and O–H groups in total. The molecule has 0 atom stereocenters. The summed E-state index contributed by atoms with van der Waals surface area (Å²) in [6.45, 7) is 7.03. The Kier molecular flexibility index (Phi) is 5.70. The van der Waals surface area contributed by atoms with Crippen molar-refractivity contribution in [2.45, 2.75) is 110 Å². The van der Waals surface area contributed by atoms with Crippen molar-refractivity contribution in [1.29, 1.82) is 0 Å². The van der Waals surface area contributed by atoms with E-state index in [4.69, 9.17) is 4.74 Å². The highest BCUT2D eigenvalue weighted by Crippen LogP contribution is 2.73. The van der Waals surface area contributed by atoms with E-state index < -0.39 is 0 Å². The molecule has 2 bridgehead atoms. The van der Waals surface area contributed by atoms with E-state index in [2.05, 4.69) is 20.8 Å². The van der Waals surface area contributed by atoms with Crippen LogP contribution in [0.15, 0.2) is 0 Å². The third-order valence-electron chi connectivity index (χ3n) is 7.81. The second-order valence-electron chi connectivity index (χ2n) is 9.65. The third kappa shape index (κ3) is 3.20. The quantitative estimate of drug-likeness (QED) is 0.469. The Morgan fingerprint density at radius 1 is 0.897 bits per heavy atom. The number of ether oxygens (including phenoxy) is 1. The van der Waals surface area contributed by atoms with Gasteiger partial charge in [-0.15, -0.1) is 0 Å². The van der Waals surface area contributed by atoms with Gasteiger partial charge in [-0.2, -0.15) is 0 Å². The van der Waals surface area contributed by atoms with Gasteiger partial charge in [0.1, 0.15) is 5.75 Å². The van der Waals surface area contributed by atoms with Crippen LogP contribution >= 0.6 is 0 Å². The summed E-state index contributed by atoms with van der Waals surface area (Å²) in [6.07, 6.45) is 13.6. The van der Waals surface area contributed by atoms with E-state index in [9.17, 15) is 9.90 Å². The lowest BCUT2D eigenvalue weighted by atomic mass is 9.74. The van der Waals surface area contributed by atoms with Crippen LogP contribution in [-0.2, 0) is 40.6 Å². The number of carbonyl (C=O) groups excluding carboxylic acids is 1. The normalized spacial score (nSPS) is 20.0. The molecule has 0 spiro atoms. The van der Waals surface area contributed by atoms with Gasteiger partial charge in [-0.05, 0) is 98.4 Å². The molecule has 0 aliphatic heterocycles. The number of esters is 1. The number of aromatic hydroxyl groups is 1. The second kappa shape index (κ2) is 7.96. The first-order valence-electron chi connectivity index (χ1n) is 12.1. The number of phenolic OH excluding ortho intramolecular Hbond substituents is 1. The Morgan fingerprint density at radius 3 is 1.86 bits per heavy atom. The largest absolute Gasteiger partial charge is 0.507 e. The van der Waals surface area contributed by atoms with Crippen molar-refractivity contribution in [3.63, 3.8) is 0 Å². The first-order valence-corrected chi connectivity index (χ1v) is 12.1. The summed E-state index contributed by atoms with van der Waals surface area (Å²) in [5, 5.41) is 11.2. The van der Waals surface area contributed by atoms with Gasteiger partial charge < -0.3 is 9.84 Å². The Labute approximate surface area is 176 Å². The summed E-state index contributed by atoms with van der Waals surface area (Å²) in [4.78, 5) is 13.1. The van der Waals surface area contributed by atoms with Gasteiger partial charge in [0.25, 0.3) is 0 Å². The number of rotatable bonds is 11. The molecule has 4 rings (SSSR count). The van der Waals surface area contributed by atoms with E-state index >= 15 is 0 Å². The lowest BCUT2D eigenvalue weighted by Crippen LogP contribution is -2.33. The zero-order valence-electron chi connectivity index (χ0n) is 18.7. The summed E-state index contributed by atoms with van der Waals surface area (Å²) in [5.74, 6) is 0.640. The maximum Gasteiger partial charge on any atom is 0.312 e. The minimum absolute atomic E-state index is 0.00534. The monoisotopic (exact) mass is 398 g/mol. The average Bonchev–Trinajstić information content (AvgIpc) is 3.63. The van der Waals surface area contributed by atoms with Gasteiger partial charge >= 0.3 is 5.97 Å². The van der Waals surface area contributed by atoms with E-state index in [-0.39, 0.29) is 16.8 Å². The van der Waals surface area contributed by atoms with Gasteiger partial charge in [-0.3, -0.25) is 4.79 Å². The molecule has 0 aromatic heterocycles. The van der Waals surface area contributed by atoms with E-state index in [1.54, 1.807) is 0 Å². The lowest BCUT2D eigenvalue weighted by molar-refractivity contribution is -0.151. The molecule has 3 aliphatic carbocycles.